The maximum absolute atomic E-state index is 13.0. The number of hydrogen-bond donors (Lipinski definition) is 0. The Hall–Kier alpha value is -2.72. The molecule has 0 saturated carbocycles. The number of piperazine rings is 1. The summed E-state index contributed by atoms with van der Waals surface area (Å²) in [5.41, 5.74) is 0.277. The van der Waals surface area contributed by atoms with Crippen LogP contribution in [0.5, 0.6) is 0 Å². The van der Waals surface area contributed by atoms with Crippen molar-refractivity contribution in [3.05, 3.63) is 86.8 Å². The van der Waals surface area contributed by atoms with E-state index >= 15 is 0 Å². The average Bonchev–Trinajstić information content (AvgIpc) is 2.79. The Balaban J connectivity index is 1.52. The van der Waals surface area contributed by atoms with Gasteiger partial charge >= 0.3 is 0 Å². The minimum Gasteiger partial charge on any atom is -0.335 e. The SMILES string of the molecule is O=C(c1ccc(=O)n(-c2ccccc2)n1)N1CCN(S(=O)(=O)c2c(Cl)cccc2Cl)CC1. The highest BCUT2D eigenvalue weighted by molar-refractivity contribution is 7.89. The van der Waals surface area contributed by atoms with Gasteiger partial charge in [0.15, 0.2) is 0 Å². The second-order valence-electron chi connectivity index (χ2n) is 7.05. The minimum absolute atomic E-state index is 0.0448. The summed E-state index contributed by atoms with van der Waals surface area (Å²) in [4.78, 5) is 26.5. The van der Waals surface area contributed by atoms with Crippen molar-refractivity contribution in [3.63, 3.8) is 0 Å². The zero-order valence-electron chi connectivity index (χ0n) is 16.7. The van der Waals surface area contributed by atoms with Gasteiger partial charge in [0.05, 0.1) is 15.7 Å². The van der Waals surface area contributed by atoms with E-state index in [1.807, 2.05) is 6.07 Å². The molecule has 1 aliphatic rings. The first-order valence-corrected chi connectivity index (χ1v) is 11.9. The van der Waals surface area contributed by atoms with Crippen LogP contribution in [-0.4, -0.2) is 59.5 Å². The molecule has 0 atom stereocenters. The van der Waals surface area contributed by atoms with Crippen molar-refractivity contribution in [2.45, 2.75) is 4.90 Å². The molecule has 0 N–H and O–H groups in total. The van der Waals surface area contributed by atoms with Gasteiger partial charge in [0, 0.05) is 32.2 Å². The van der Waals surface area contributed by atoms with Gasteiger partial charge in [-0.2, -0.15) is 14.1 Å². The molecule has 1 fully saturated rings. The number of carbonyl (C=O) groups is 1. The number of hydrogen-bond acceptors (Lipinski definition) is 5. The number of para-hydroxylation sites is 1. The van der Waals surface area contributed by atoms with E-state index in [4.69, 9.17) is 23.2 Å². The Bertz CT molecular complexity index is 1300. The van der Waals surface area contributed by atoms with Gasteiger partial charge in [0.1, 0.15) is 10.6 Å². The number of sulfonamides is 1. The second-order valence-corrected chi connectivity index (χ2v) is 9.74. The van der Waals surface area contributed by atoms with Crippen molar-refractivity contribution in [1.82, 2.24) is 19.0 Å². The van der Waals surface area contributed by atoms with E-state index in [0.29, 0.717) is 5.69 Å². The number of amides is 1. The summed E-state index contributed by atoms with van der Waals surface area (Å²) < 4.78 is 28.4. The first-order chi connectivity index (χ1) is 15.3. The predicted octanol–water partition coefficient (Wildman–Crippen LogP) is 2.69. The minimum atomic E-state index is -3.92. The fourth-order valence-electron chi connectivity index (χ4n) is 3.43. The molecule has 166 valence electrons. The van der Waals surface area contributed by atoms with Crippen molar-refractivity contribution in [2.24, 2.45) is 0 Å². The molecule has 1 aromatic heterocycles. The highest BCUT2D eigenvalue weighted by Gasteiger charge is 2.33. The van der Waals surface area contributed by atoms with Crippen LogP contribution in [0.15, 0.2) is 70.4 Å². The summed E-state index contributed by atoms with van der Waals surface area (Å²) >= 11 is 12.2. The fourth-order valence-corrected chi connectivity index (χ4v) is 5.94. The molecule has 0 radical (unpaired) electrons. The third-order valence-electron chi connectivity index (χ3n) is 5.06. The first-order valence-electron chi connectivity index (χ1n) is 9.68. The van der Waals surface area contributed by atoms with Crippen LogP contribution >= 0.6 is 23.2 Å². The number of rotatable bonds is 4. The standard InChI is InChI=1S/C21H18Cl2N4O4S/c22-16-7-4-8-17(23)20(16)32(30,31)26-13-11-25(12-14-26)21(29)18-9-10-19(28)27(24-18)15-5-2-1-3-6-15/h1-10H,11-14H2. The molecule has 0 spiro atoms. The van der Waals surface area contributed by atoms with Gasteiger partial charge in [-0.25, -0.2) is 8.42 Å². The van der Waals surface area contributed by atoms with Gasteiger partial charge in [-0.3, -0.25) is 9.59 Å². The summed E-state index contributed by atoms with van der Waals surface area (Å²) in [5.74, 6) is -0.387. The van der Waals surface area contributed by atoms with Crippen LogP contribution in [-0.2, 0) is 10.0 Å². The van der Waals surface area contributed by atoms with E-state index in [9.17, 15) is 18.0 Å². The van der Waals surface area contributed by atoms with Crippen molar-refractivity contribution < 1.29 is 13.2 Å². The average molecular weight is 493 g/mol. The topological polar surface area (TPSA) is 92.6 Å². The van der Waals surface area contributed by atoms with Crippen molar-refractivity contribution in [3.8, 4) is 5.69 Å². The number of carbonyl (C=O) groups excluding carboxylic acids is 1. The van der Waals surface area contributed by atoms with E-state index < -0.39 is 10.0 Å². The summed E-state index contributed by atoms with van der Waals surface area (Å²) in [6, 6.07) is 15.9. The zero-order valence-corrected chi connectivity index (χ0v) is 19.0. The smallest absolute Gasteiger partial charge is 0.274 e. The summed E-state index contributed by atoms with van der Waals surface area (Å²) in [7, 11) is -3.92. The third-order valence-corrected chi connectivity index (χ3v) is 7.92. The molecule has 4 rings (SSSR count). The highest BCUT2D eigenvalue weighted by Crippen LogP contribution is 2.31. The molecule has 32 heavy (non-hydrogen) atoms. The van der Waals surface area contributed by atoms with Gasteiger partial charge in [0.25, 0.3) is 11.5 Å². The monoisotopic (exact) mass is 492 g/mol. The van der Waals surface area contributed by atoms with E-state index in [-0.39, 0.29) is 58.3 Å². The summed E-state index contributed by atoms with van der Waals surface area (Å²) in [6.45, 7) is 0.473. The van der Waals surface area contributed by atoms with Crippen LogP contribution < -0.4 is 5.56 Å². The molecule has 0 bridgehead atoms. The van der Waals surface area contributed by atoms with Crippen LogP contribution in [0.25, 0.3) is 5.69 Å². The molecule has 1 saturated heterocycles. The lowest BCUT2D eigenvalue weighted by Gasteiger charge is -2.34. The molecule has 2 heterocycles. The van der Waals surface area contributed by atoms with Gasteiger partial charge in [0.2, 0.25) is 10.0 Å². The third kappa shape index (κ3) is 4.29. The molecule has 3 aromatic rings. The van der Waals surface area contributed by atoms with Crippen LogP contribution in [0.1, 0.15) is 10.5 Å². The largest absolute Gasteiger partial charge is 0.335 e. The van der Waals surface area contributed by atoms with E-state index in [2.05, 4.69) is 5.10 Å². The number of benzene rings is 2. The number of aromatic nitrogens is 2. The van der Waals surface area contributed by atoms with Crippen molar-refractivity contribution in [1.29, 1.82) is 0 Å². The predicted molar refractivity (Wildman–Crippen MR) is 121 cm³/mol. The summed E-state index contributed by atoms with van der Waals surface area (Å²) in [6.07, 6.45) is 0. The van der Waals surface area contributed by atoms with Crippen LogP contribution in [0.4, 0.5) is 0 Å². The second kappa shape index (κ2) is 9.03. The lowest BCUT2D eigenvalue weighted by molar-refractivity contribution is 0.0690. The van der Waals surface area contributed by atoms with Crippen LogP contribution in [0.3, 0.4) is 0 Å². The van der Waals surface area contributed by atoms with Crippen LogP contribution in [0, 0.1) is 0 Å². The quantitative estimate of drug-likeness (QED) is 0.558. The Kier molecular flexibility index (Phi) is 6.34. The summed E-state index contributed by atoms with van der Waals surface area (Å²) in [5, 5.41) is 4.29. The van der Waals surface area contributed by atoms with Crippen LogP contribution in [0.2, 0.25) is 10.0 Å². The molecule has 8 nitrogen and oxygen atoms in total. The number of halogens is 2. The van der Waals surface area contributed by atoms with Gasteiger partial charge in [-0.1, -0.05) is 47.5 Å². The lowest BCUT2D eigenvalue weighted by atomic mass is 10.3. The lowest BCUT2D eigenvalue weighted by Crippen LogP contribution is -2.50. The van der Waals surface area contributed by atoms with Gasteiger partial charge in [-0.15, -0.1) is 0 Å². The Morgan fingerprint density at radius 3 is 2.09 bits per heavy atom. The normalized spacial score (nSPS) is 15.0. The highest BCUT2D eigenvalue weighted by atomic mass is 35.5. The Labute approximate surface area is 194 Å². The van der Waals surface area contributed by atoms with E-state index in [1.54, 1.807) is 30.3 Å². The Morgan fingerprint density at radius 1 is 0.844 bits per heavy atom. The van der Waals surface area contributed by atoms with Crippen molar-refractivity contribution in [2.75, 3.05) is 26.2 Å². The van der Waals surface area contributed by atoms with E-state index in [0.717, 1.165) is 4.68 Å². The molecule has 0 unspecified atom stereocenters. The van der Waals surface area contributed by atoms with E-state index in [1.165, 1.54) is 33.5 Å². The van der Waals surface area contributed by atoms with Gasteiger partial charge < -0.3 is 4.90 Å². The Morgan fingerprint density at radius 2 is 1.47 bits per heavy atom. The molecule has 11 heteroatoms. The zero-order chi connectivity index (χ0) is 22.9. The van der Waals surface area contributed by atoms with Crippen molar-refractivity contribution >= 4 is 39.1 Å². The molecular formula is C21H18Cl2N4O4S. The fraction of sp³-hybridized carbons (Fsp3) is 0.190. The maximum atomic E-state index is 13.0. The van der Waals surface area contributed by atoms with Gasteiger partial charge in [-0.05, 0) is 30.3 Å². The molecular weight excluding hydrogens is 475 g/mol. The molecule has 1 amide bonds. The number of nitrogens with zero attached hydrogens (tertiary/aromatic N) is 4. The molecule has 2 aromatic carbocycles. The molecule has 1 aliphatic heterocycles. The first kappa shape index (κ1) is 22.5. The maximum Gasteiger partial charge on any atom is 0.274 e. The molecule has 0 aliphatic carbocycles.